The van der Waals surface area contributed by atoms with Gasteiger partial charge in [-0.05, 0) is 61.5 Å². The molecule has 0 atom stereocenters. The number of anilines is 1. The SMILES string of the molecule is COc1ccc([N+](=O)[O-])cc1-n1c(C)cc(/C=C2/SC(=O)N(CC(=O)N3CCN(c4ccccc4)CC3)C2=O)c1C. The van der Waals surface area contributed by atoms with Crippen LogP contribution in [0.2, 0.25) is 0 Å². The van der Waals surface area contributed by atoms with Gasteiger partial charge in [-0.1, -0.05) is 18.2 Å². The van der Waals surface area contributed by atoms with Crippen LogP contribution in [0.15, 0.2) is 59.5 Å². The topological polar surface area (TPSA) is 118 Å². The van der Waals surface area contributed by atoms with Crippen LogP contribution in [0, 0.1) is 24.0 Å². The molecule has 0 radical (unpaired) electrons. The first-order valence-corrected chi connectivity index (χ1v) is 13.8. The molecule has 2 fully saturated rings. The summed E-state index contributed by atoms with van der Waals surface area (Å²) < 4.78 is 7.25. The minimum Gasteiger partial charge on any atom is -0.495 e. The summed E-state index contributed by atoms with van der Waals surface area (Å²) in [5.41, 5.74) is 3.64. The van der Waals surface area contributed by atoms with Gasteiger partial charge in [-0.15, -0.1) is 0 Å². The summed E-state index contributed by atoms with van der Waals surface area (Å²) in [6, 6.07) is 16.1. The minimum absolute atomic E-state index is 0.0814. The third kappa shape index (κ3) is 5.55. The Morgan fingerprint density at radius 2 is 1.76 bits per heavy atom. The predicted molar refractivity (Wildman–Crippen MR) is 156 cm³/mol. The van der Waals surface area contributed by atoms with Gasteiger partial charge in [0.15, 0.2) is 0 Å². The summed E-state index contributed by atoms with van der Waals surface area (Å²) in [7, 11) is 1.49. The number of hydrogen-bond acceptors (Lipinski definition) is 8. The molecule has 2 aliphatic rings. The van der Waals surface area contributed by atoms with Gasteiger partial charge >= 0.3 is 0 Å². The molecule has 3 aromatic rings. The molecule has 2 saturated heterocycles. The molecule has 2 aromatic carbocycles. The molecule has 5 rings (SSSR count). The van der Waals surface area contributed by atoms with Crippen molar-refractivity contribution >= 4 is 46.3 Å². The maximum Gasteiger partial charge on any atom is 0.294 e. The second-order valence-electron chi connectivity index (χ2n) is 9.75. The molecule has 0 spiro atoms. The van der Waals surface area contributed by atoms with Crippen LogP contribution >= 0.6 is 11.8 Å². The lowest BCUT2D eigenvalue weighted by atomic mass is 10.2. The van der Waals surface area contributed by atoms with Gasteiger partial charge in [0.2, 0.25) is 5.91 Å². The van der Waals surface area contributed by atoms with Crippen LogP contribution in [0.25, 0.3) is 11.8 Å². The summed E-state index contributed by atoms with van der Waals surface area (Å²) in [5.74, 6) is -0.335. The lowest BCUT2D eigenvalue weighted by Crippen LogP contribution is -2.51. The van der Waals surface area contributed by atoms with Crippen molar-refractivity contribution in [3.8, 4) is 11.4 Å². The Balaban J connectivity index is 1.31. The fourth-order valence-electron chi connectivity index (χ4n) is 5.14. The van der Waals surface area contributed by atoms with Crippen molar-refractivity contribution in [2.75, 3.05) is 44.7 Å². The molecule has 0 aliphatic carbocycles. The van der Waals surface area contributed by atoms with E-state index in [1.165, 1.54) is 25.3 Å². The largest absolute Gasteiger partial charge is 0.495 e. The smallest absolute Gasteiger partial charge is 0.294 e. The molecular weight excluding hydrogens is 546 g/mol. The number of carbonyl (C=O) groups excluding carboxylic acids is 3. The van der Waals surface area contributed by atoms with Gasteiger partial charge in [0.1, 0.15) is 12.3 Å². The molecule has 212 valence electrons. The Morgan fingerprint density at radius 3 is 2.41 bits per heavy atom. The third-order valence-electron chi connectivity index (χ3n) is 7.29. The predicted octanol–water partition coefficient (Wildman–Crippen LogP) is 4.40. The summed E-state index contributed by atoms with van der Waals surface area (Å²) in [4.78, 5) is 55.0. The van der Waals surface area contributed by atoms with Gasteiger partial charge in [0.05, 0.1) is 22.6 Å². The number of nitrogens with zero attached hydrogens (tertiary/aromatic N) is 5. The maximum absolute atomic E-state index is 13.2. The number of amides is 3. The van der Waals surface area contributed by atoms with Crippen molar-refractivity contribution in [1.29, 1.82) is 0 Å². The molecule has 0 bridgehead atoms. The zero-order valence-electron chi connectivity index (χ0n) is 22.9. The van der Waals surface area contributed by atoms with E-state index in [1.54, 1.807) is 15.5 Å². The first-order chi connectivity index (χ1) is 19.7. The molecule has 1 aromatic heterocycles. The number of imide groups is 1. The van der Waals surface area contributed by atoms with Crippen LogP contribution in [0.5, 0.6) is 5.75 Å². The molecule has 0 unspecified atom stereocenters. The second-order valence-corrected chi connectivity index (χ2v) is 10.7. The fourth-order valence-corrected chi connectivity index (χ4v) is 5.97. The molecule has 0 saturated carbocycles. The van der Waals surface area contributed by atoms with E-state index in [1.807, 2.05) is 50.2 Å². The Bertz CT molecular complexity index is 1560. The average molecular weight is 576 g/mol. The van der Waals surface area contributed by atoms with Gasteiger partial charge in [0.25, 0.3) is 16.8 Å². The number of nitro benzene ring substituents is 1. The van der Waals surface area contributed by atoms with Gasteiger partial charge in [0, 0.05) is 55.4 Å². The van der Waals surface area contributed by atoms with Crippen LogP contribution in [0.1, 0.15) is 17.0 Å². The van der Waals surface area contributed by atoms with E-state index in [0.717, 1.165) is 28.0 Å². The van der Waals surface area contributed by atoms with Crippen molar-refractivity contribution in [3.63, 3.8) is 0 Å². The molecule has 3 heterocycles. The number of nitro groups is 1. The molecule has 3 amide bonds. The van der Waals surface area contributed by atoms with Crippen molar-refractivity contribution < 1.29 is 24.0 Å². The van der Waals surface area contributed by atoms with Gasteiger partial charge in [-0.3, -0.25) is 29.4 Å². The van der Waals surface area contributed by atoms with Crippen LogP contribution in [-0.4, -0.2) is 76.2 Å². The number of piperazine rings is 1. The van der Waals surface area contributed by atoms with E-state index in [-0.39, 0.29) is 23.0 Å². The monoisotopic (exact) mass is 575 g/mol. The number of rotatable bonds is 7. The van der Waals surface area contributed by atoms with E-state index in [0.29, 0.717) is 48.9 Å². The van der Waals surface area contributed by atoms with Crippen molar-refractivity contribution in [3.05, 3.63) is 86.6 Å². The number of thioether (sulfide) groups is 1. The number of para-hydroxylation sites is 1. The van der Waals surface area contributed by atoms with Crippen molar-refractivity contribution in [1.82, 2.24) is 14.4 Å². The number of hydrogen-bond donors (Lipinski definition) is 0. The minimum atomic E-state index is -0.519. The number of carbonyl (C=O) groups is 3. The molecule has 0 N–H and O–H groups in total. The highest BCUT2D eigenvalue weighted by molar-refractivity contribution is 8.18. The lowest BCUT2D eigenvalue weighted by Gasteiger charge is -2.36. The number of benzene rings is 2. The van der Waals surface area contributed by atoms with E-state index < -0.39 is 16.1 Å². The number of ether oxygens (including phenoxy) is 1. The average Bonchev–Trinajstić information content (AvgIpc) is 3.41. The van der Waals surface area contributed by atoms with Crippen LogP contribution in [0.4, 0.5) is 16.2 Å². The normalized spacial score (nSPS) is 16.6. The van der Waals surface area contributed by atoms with Gasteiger partial charge < -0.3 is 19.1 Å². The fraction of sp³-hybridized carbons (Fsp3) is 0.276. The highest BCUT2D eigenvalue weighted by Crippen LogP contribution is 2.36. The zero-order chi connectivity index (χ0) is 29.3. The number of aryl methyl sites for hydroxylation is 1. The molecule has 41 heavy (non-hydrogen) atoms. The highest BCUT2D eigenvalue weighted by atomic mass is 32.2. The van der Waals surface area contributed by atoms with Gasteiger partial charge in [-0.25, -0.2) is 0 Å². The van der Waals surface area contributed by atoms with Crippen LogP contribution < -0.4 is 9.64 Å². The molecule has 11 nitrogen and oxygen atoms in total. The van der Waals surface area contributed by atoms with E-state index >= 15 is 0 Å². The third-order valence-corrected chi connectivity index (χ3v) is 8.20. The number of non-ortho nitro benzene ring substituents is 1. The Labute approximate surface area is 241 Å². The van der Waals surface area contributed by atoms with Crippen molar-refractivity contribution in [2.24, 2.45) is 0 Å². The molecular formula is C29H29N5O6S. The van der Waals surface area contributed by atoms with Crippen LogP contribution in [-0.2, 0) is 9.59 Å². The Morgan fingerprint density at radius 1 is 1.05 bits per heavy atom. The molecule has 12 heteroatoms. The lowest BCUT2D eigenvalue weighted by molar-refractivity contribution is -0.384. The van der Waals surface area contributed by atoms with Gasteiger partial charge in [-0.2, -0.15) is 0 Å². The Hall–Kier alpha value is -4.58. The summed E-state index contributed by atoms with van der Waals surface area (Å²) >= 11 is 0.793. The Kier molecular flexibility index (Phi) is 7.84. The first-order valence-electron chi connectivity index (χ1n) is 13.0. The number of methoxy groups -OCH3 is 1. The highest BCUT2D eigenvalue weighted by Gasteiger charge is 2.37. The van der Waals surface area contributed by atoms with E-state index in [2.05, 4.69) is 4.90 Å². The van der Waals surface area contributed by atoms with Crippen molar-refractivity contribution in [2.45, 2.75) is 13.8 Å². The summed E-state index contributed by atoms with van der Waals surface area (Å²) in [6.45, 7) is 5.70. The van der Waals surface area contributed by atoms with E-state index in [9.17, 15) is 24.5 Å². The van der Waals surface area contributed by atoms with Crippen LogP contribution in [0.3, 0.4) is 0 Å². The standard InChI is InChI=1S/C29H29N5O6S/c1-19-15-21(20(2)33(19)24-17-23(34(38)39)9-10-25(24)40-3)16-26-28(36)32(29(37)41-26)18-27(35)31-13-11-30(12-14-31)22-7-5-4-6-8-22/h4-10,15-17H,11-14,18H2,1-3H3/b26-16+. The summed E-state index contributed by atoms with van der Waals surface area (Å²) in [5, 5.41) is 10.9. The zero-order valence-corrected chi connectivity index (χ0v) is 23.7. The quantitative estimate of drug-likeness (QED) is 0.231. The first kappa shape index (κ1) is 28.0. The number of aromatic nitrogens is 1. The second kappa shape index (κ2) is 11.5. The summed E-state index contributed by atoms with van der Waals surface area (Å²) in [6.07, 6.45) is 1.62. The van der Waals surface area contributed by atoms with E-state index in [4.69, 9.17) is 4.74 Å². The maximum atomic E-state index is 13.2. The molecule has 2 aliphatic heterocycles.